The lowest BCUT2D eigenvalue weighted by Crippen LogP contribution is -2.15. The van der Waals surface area contributed by atoms with Gasteiger partial charge in [-0.05, 0) is 100 Å². The number of rotatable bonds is 4. The van der Waals surface area contributed by atoms with Gasteiger partial charge in [0.2, 0.25) is 0 Å². The van der Waals surface area contributed by atoms with Crippen LogP contribution in [0.15, 0.2) is 45.3 Å². The van der Waals surface area contributed by atoms with E-state index in [1.807, 2.05) is 13.8 Å². The summed E-state index contributed by atoms with van der Waals surface area (Å²) in [6.07, 6.45) is 2.25. The summed E-state index contributed by atoms with van der Waals surface area (Å²) in [6.45, 7) is 17.8. The first kappa shape index (κ1) is 23.4. The van der Waals surface area contributed by atoms with E-state index in [4.69, 9.17) is 0 Å². The van der Waals surface area contributed by atoms with Crippen LogP contribution >= 0.6 is 31.9 Å². The Hall–Kier alpha value is -0.860. The minimum Gasteiger partial charge on any atom is -0.0683 e. The molecule has 3 aromatic carbocycles. The molecule has 28 heavy (non-hydrogen) atoms. The molecule has 0 bridgehead atoms. The van der Waals surface area contributed by atoms with Gasteiger partial charge in [0.25, 0.3) is 0 Å². The normalized spacial score (nSPS) is 12.2. The average Bonchev–Trinajstić information content (AvgIpc) is 2.72. The van der Waals surface area contributed by atoms with Gasteiger partial charge in [-0.2, -0.15) is 0 Å². The van der Waals surface area contributed by atoms with Gasteiger partial charge in [0, 0.05) is 8.95 Å². The van der Waals surface area contributed by atoms with Crippen LogP contribution in [0.4, 0.5) is 0 Å². The van der Waals surface area contributed by atoms with Crippen LogP contribution in [0.2, 0.25) is 0 Å². The number of fused-ring (bicyclic) bond motifs is 2. The molecule has 0 amide bonds. The molecule has 0 fully saturated rings. The molecule has 3 aromatic rings. The third kappa shape index (κ3) is 4.19. The summed E-state index contributed by atoms with van der Waals surface area (Å²) in [5.41, 5.74) is 3.15. The lowest BCUT2D eigenvalue weighted by Gasteiger charge is -2.25. The van der Waals surface area contributed by atoms with Gasteiger partial charge in [-0.25, -0.2) is 0 Å². The van der Waals surface area contributed by atoms with Crippen molar-refractivity contribution in [2.75, 3.05) is 0 Å². The first-order valence-corrected chi connectivity index (χ1v) is 12.1. The average molecular weight is 506 g/mol. The first-order valence-electron chi connectivity index (χ1n) is 10.5. The van der Waals surface area contributed by atoms with Crippen LogP contribution in [0.1, 0.15) is 79.4 Å². The Labute approximate surface area is 188 Å². The van der Waals surface area contributed by atoms with Crippen LogP contribution in [0.5, 0.6) is 0 Å². The van der Waals surface area contributed by atoms with E-state index >= 15 is 0 Å². The molecule has 0 atom stereocenters. The van der Waals surface area contributed by atoms with Crippen LogP contribution in [0, 0.1) is 0 Å². The lowest BCUT2D eigenvalue weighted by atomic mass is 9.80. The summed E-state index contributed by atoms with van der Waals surface area (Å²) in [5, 5.41) is 5.11. The van der Waals surface area contributed by atoms with E-state index in [0.29, 0.717) is 0 Å². The maximum atomic E-state index is 3.91. The number of benzene rings is 3. The van der Waals surface area contributed by atoms with Crippen molar-refractivity contribution >= 4 is 53.4 Å². The summed E-state index contributed by atoms with van der Waals surface area (Å²) in [6, 6.07) is 13.8. The Morgan fingerprint density at radius 1 is 0.607 bits per heavy atom. The molecule has 0 aromatic heterocycles. The Morgan fingerprint density at radius 3 is 1.21 bits per heavy atom. The zero-order chi connectivity index (χ0) is 21.3. The summed E-state index contributed by atoms with van der Waals surface area (Å²) < 4.78 is 2.39. The highest BCUT2D eigenvalue weighted by molar-refractivity contribution is 9.11. The molecule has 0 aliphatic heterocycles. The van der Waals surface area contributed by atoms with Crippen LogP contribution in [-0.2, 0) is 10.8 Å². The second-order valence-electron chi connectivity index (χ2n) is 8.62. The van der Waals surface area contributed by atoms with Crippen molar-refractivity contribution in [1.82, 2.24) is 0 Å². The smallest absolute Gasteiger partial charge is 0.0333 e. The summed E-state index contributed by atoms with van der Waals surface area (Å²) >= 11 is 7.82. The molecule has 0 N–H and O–H groups in total. The van der Waals surface area contributed by atoms with Crippen molar-refractivity contribution in [3.63, 3.8) is 0 Å². The Morgan fingerprint density at radius 2 is 0.929 bits per heavy atom. The molecule has 0 spiro atoms. The highest BCUT2D eigenvalue weighted by Gasteiger charge is 2.22. The minimum atomic E-state index is 0.185. The van der Waals surface area contributed by atoms with Crippen molar-refractivity contribution < 1.29 is 0 Å². The molecule has 2 heteroatoms. The predicted molar refractivity (Wildman–Crippen MR) is 135 cm³/mol. The van der Waals surface area contributed by atoms with Gasteiger partial charge in [-0.1, -0.05) is 79.7 Å². The quantitative estimate of drug-likeness (QED) is 0.309. The largest absolute Gasteiger partial charge is 0.0683 e. The number of halogens is 2. The SMILES string of the molecule is CC.CCC(C)(C)c1ccc2c(Br)c3cc(C(C)(C)CC)ccc3c(Br)c2c1. The fourth-order valence-electron chi connectivity index (χ4n) is 3.37. The Balaban J connectivity index is 0.00000136. The fourth-order valence-corrected chi connectivity index (χ4v) is 4.72. The molecule has 0 saturated carbocycles. The van der Waals surface area contributed by atoms with Crippen molar-refractivity contribution in [1.29, 1.82) is 0 Å². The van der Waals surface area contributed by atoms with E-state index in [1.165, 1.54) is 41.6 Å². The molecule has 0 unspecified atom stereocenters. The van der Waals surface area contributed by atoms with Gasteiger partial charge >= 0.3 is 0 Å². The predicted octanol–water partition coefficient (Wildman–Crippen LogP) is 9.92. The molecule has 152 valence electrons. The monoisotopic (exact) mass is 504 g/mol. The van der Waals surface area contributed by atoms with Gasteiger partial charge in [0.1, 0.15) is 0 Å². The molecule has 0 aliphatic rings. The lowest BCUT2D eigenvalue weighted by molar-refractivity contribution is 0.506. The molecule has 0 heterocycles. The van der Waals surface area contributed by atoms with Crippen molar-refractivity contribution in [3.8, 4) is 0 Å². The third-order valence-corrected chi connectivity index (χ3v) is 8.02. The van der Waals surface area contributed by atoms with E-state index in [1.54, 1.807) is 0 Å². The zero-order valence-electron chi connectivity index (χ0n) is 18.6. The van der Waals surface area contributed by atoms with Crippen LogP contribution < -0.4 is 0 Å². The van der Waals surface area contributed by atoms with Gasteiger partial charge in [0.05, 0.1) is 0 Å². The molecular weight excluding hydrogens is 472 g/mol. The Bertz CT molecular complexity index is 899. The van der Waals surface area contributed by atoms with Gasteiger partial charge in [-0.15, -0.1) is 0 Å². The molecule has 0 saturated heterocycles. The maximum absolute atomic E-state index is 3.91. The number of hydrogen-bond acceptors (Lipinski definition) is 0. The Kier molecular flexibility index (Phi) is 7.42. The molecule has 0 radical (unpaired) electrons. The van der Waals surface area contributed by atoms with Crippen LogP contribution in [-0.4, -0.2) is 0 Å². The van der Waals surface area contributed by atoms with Crippen LogP contribution in [0.3, 0.4) is 0 Å². The van der Waals surface area contributed by atoms with E-state index in [-0.39, 0.29) is 10.8 Å². The van der Waals surface area contributed by atoms with Gasteiger partial charge in [-0.3, -0.25) is 0 Å². The zero-order valence-corrected chi connectivity index (χ0v) is 21.8. The second kappa shape index (κ2) is 8.88. The van der Waals surface area contributed by atoms with Gasteiger partial charge < -0.3 is 0 Å². The van der Waals surface area contributed by atoms with E-state index in [2.05, 4.69) is 110 Å². The molecular formula is C26H34Br2. The molecule has 0 aliphatic carbocycles. The number of hydrogen-bond donors (Lipinski definition) is 0. The fraction of sp³-hybridized carbons (Fsp3) is 0.462. The highest BCUT2D eigenvalue weighted by Crippen LogP contribution is 2.42. The highest BCUT2D eigenvalue weighted by atomic mass is 79.9. The molecule has 0 nitrogen and oxygen atoms in total. The first-order chi connectivity index (χ1) is 13.1. The second-order valence-corrected chi connectivity index (χ2v) is 10.2. The third-order valence-electron chi connectivity index (χ3n) is 6.32. The van der Waals surface area contributed by atoms with E-state index in [9.17, 15) is 0 Å². The van der Waals surface area contributed by atoms with Gasteiger partial charge in [0.15, 0.2) is 0 Å². The topological polar surface area (TPSA) is 0 Å². The van der Waals surface area contributed by atoms with Crippen molar-refractivity contribution in [3.05, 3.63) is 56.5 Å². The van der Waals surface area contributed by atoms with Crippen molar-refractivity contribution in [2.45, 2.75) is 79.1 Å². The molecule has 3 rings (SSSR count). The standard InChI is InChI=1S/C24H28Br2.C2H6/c1-7-23(3,4)15-9-11-17-19(13-15)21(25)18-12-10-16(24(5,6)8-2)14-20(18)22(17)26;1-2/h9-14H,7-8H2,1-6H3;1-2H3. The summed E-state index contributed by atoms with van der Waals surface area (Å²) in [4.78, 5) is 0. The summed E-state index contributed by atoms with van der Waals surface area (Å²) in [7, 11) is 0. The van der Waals surface area contributed by atoms with E-state index < -0.39 is 0 Å². The summed E-state index contributed by atoms with van der Waals surface area (Å²) in [5.74, 6) is 0. The minimum absolute atomic E-state index is 0.185. The van der Waals surface area contributed by atoms with E-state index in [0.717, 1.165) is 12.8 Å². The van der Waals surface area contributed by atoms with Crippen LogP contribution in [0.25, 0.3) is 21.5 Å². The van der Waals surface area contributed by atoms with Crippen molar-refractivity contribution in [2.24, 2.45) is 0 Å². The maximum Gasteiger partial charge on any atom is 0.0333 e.